The van der Waals surface area contributed by atoms with E-state index in [9.17, 15) is 14.0 Å². The first-order valence-electron chi connectivity index (χ1n) is 7.58. The Morgan fingerprint density at radius 1 is 1.33 bits per heavy atom. The maximum Gasteiger partial charge on any atom is 0.170 e. The standard InChI is InChI=1S/C18H13F2N3O/c1-24-13-5-4-12(19)17(20)15(13)11-8-23-18-16(11)14(9-2-3-9)10(6-21)7-22-18/h4-5,7-9H,2-3H2,1H3,(H,22,23). The minimum atomic E-state index is -0.973. The highest BCUT2D eigenvalue weighted by molar-refractivity contribution is 5.99. The number of fused-ring (bicyclic) bond motifs is 1. The molecule has 0 bridgehead atoms. The molecule has 4 nitrogen and oxygen atoms in total. The predicted octanol–water partition coefficient (Wildman–Crippen LogP) is 4.27. The SMILES string of the molecule is COc1ccc(F)c(F)c1-c1c[nH]c2ncc(C#N)c(C3CC3)c12. The van der Waals surface area contributed by atoms with E-state index < -0.39 is 11.6 Å². The number of hydrogen-bond acceptors (Lipinski definition) is 3. The van der Waals surface area contributed by atoms with Crippen LogP contribution in [-0.2, 0) is 0 Å². The summed E-state index contributed by atoms with van der Waals surface area (Å²) in [5.41, 5.74) is 2.38. The van der Waals surface area contributed by atoms with Gasteiger partial charge in [0.05, 0.1) is 18.2 Å². The summed E-state index contributed by atoms with van der Waals surface area (Å²) in [5.74, 6) is -1.43. The zero-order valence-corrected chi connectivity index (χ0v) is 12.9. The number of nitriles is 1. The Labute approximate surface area is 136 Å². The molecule has 1 saturated carbocycles. The van der Waals surface area contributed by atoms with Crippen molar-refractivity contribution in [2.24, 2.45) is 0 Å². The van der Waals surface area contributed by atoms with Crippen molar-refractivity contribution < 1.29 is 13.5 Å². The van der Waals surface area contributed by atoms with Gasteiger partial charge in [0.25, 0.3) is 0 Å². The maximum atomic E-state index is 14.5. The first-order valence-corrected chi connectivity index (χ1v) is 7.58. The Bertz CT molecular complexity index is 1000. The van der Waals surface area contributed by atoms with E-state index in [1.807, 2.05) is 0 Å². The van der Waals surface area contributed by atoms with E-state index in [2.05, 4.69) is 16.0 Å². The zero-order chi connectivity index (χ0) is 16.8. The average Bonchev–Trinajstić information content (AvgIpc) is 3.35. The lowest BCUT2D eigenvalue weighted by atomic mass is 9.96. The monoisotopic (exact) mass is 325 g/mol. The van der Waals surface area contributed by atoms with Crippen LogP contribution in [0.25, 0.3) is 22.2 Å². The van der Waals surface area contributed by atoms with Crippen LogP contribution in [-0.4, -0.2) is 17.1 Å². The highest BCUT2D eigenvalue weighted by Crippen LogP contribution is 2.48. The highest BCUT2D eigenvalue weighted by atomic mass is 19.2. The van der Waals surface area contributed by atoms with Gasteiger partial charge in [-0.3, -0.25) is 0 Å². The number of aromatic nitrogens is 2. The van der Waals surface area contributed by atoms with Gasteiger partial charge in [0, 0.05) is 23.3 Å². The predicted molar refractivity (Wildman–Crippen MR) is 84.7 cm³/mol. The van der Waals surface area contributed by atoms with Crippen LogP contribution in [0.15, 0.2) is 24.5 Å². The number of nitrogens with one attached hydrogen (secondary N) is 1. The molecule has 0 radical (unpaired) electrons. The second kappa shape index (κ2) is 5.31. The molecule has 0 spiro atoms. The number of pyridine rings is 1. The second-order valence-electron chi connectivity index (χ2n) is 5.84. The molecular formula is C18H13F2N3O. The minimum Gasteiger partial charge on any atom is -0.496 e. The van der Waals surface area contributed by atoms with Crippen LogP contribution >= 0.6 is 0 Å². The molecule has 0 aliphatic heterocycles. The summed E-state index contributed by atoms with van der Waals surface area (Å²) in [4.78, 5) is 7.24. The molecule has 2 heterocycles. The van der Waals surface area contributed by atoms with Crippen LogP contribution in [0.5, 0.6) is 5.75 Å². The van der Waals surface area contributed by atoms with Crippen molar-refractivity contribution in [3.05, 3.63) is 47.3 Å². The van der Waals surface area contributed by atoms with Crippen molar-refractivity contribution in [2.75, 3.05) is 7.11 Å². The maximum absolute atomic E-state index is 14.5. The minimum absolute atomic E-state index is 0.0440. The van der Waals surface area contributed by atoms with Crippen molar-refractivity contribution in [1.82, 2.24) is 9.97 Å². The van der Waals surface area contributed by atoms with E-state index in [1.165, 1.54) is 19.4 Å². The molecule has 0 amide bonds. The summed E-state index contributed by atoms with van der Waals surface area (Å²) >= 11 is 0. The molecule has 1 N–H and O–H groups in total. The van der Waals surface area contributed by atoms with Gasteiger partial charge in [0.2, 0.25) is 0 Å². The number of aromatic amines is 1. The molecule has 1 aliphatic rings. The summed E-state index contributed by atoms with van der Waals surface area (Å²) in [6.45, 7) is 0. The van der Waals surface area contributed by atoms with Gasteiger partial charge in [0.1, 0.15) is 17.5 Å². The van der Waals surface area contributed by atoms with Gasteiger partial charge in [-0.2, -0.15) is 5.26 Å². The van der Waals surface area contributed by atoms with Gasteiger partial charge in [-0.05, 0) is 36.5 Å². The van der Waals surface area contributed by atoms with Crippen LogP contribution < -0.4 is 4.74 Å². The zero-order valence-electron chi connectivity index (χ0n) is 12.9. The summed E-state index contributed by atoms with van der Waals surface area (Å²) in [7, 11) is 1.41. The van der Waals surface area contributed by atoms with Crippen LogP contribution in [0.2, 0.25) is 0 Å². The van der Waals surface area contributed by atoms with Gasteiger partial charge < -0.3 is 9.72 Å². The lowest BCUT2D eigenvalue weighted by molar-refractivity contribution is 0.409. The molecule has 0 unspecified atom stereocenters. The number of rotatable bonds is 3. The van der Waals surface area contributed by atoms with Gasteiger partial charge in [-0.25, -0.2) is 13.8 Å². The number of benzene rings is 1. The summed E-state index contributed by atoms with van der Waals surface area (Å²) < 4.78 is 33.5. The van der Waals surface area contributed by atoms with Crippen LogP contribution in [0, 0.1) is 23.0 Å². The van der Waals surface area contributed by atoms with E-state index in [0.717, 1.165) is 24.5 Å². The van der Waals surface area contributed by atoms with Crippen LogP contribution in [0.1, 0.15) is 29.9 Å². The summed E-state index contributed by atoms with van der Waals surface area (Å²) in [5, 5.41) is 10.1. The number of methoxy groups -OCH3 is 1. The summed E-state index contributed by atoms with van der Waals surface area (Å²) in [6.07, 6.45) is 5.06. The number of nitrogens with zero attached hydrogens (tertiary/aromatic N) is 2. The lowest BCUT2D eigenvalue weighted by Gasteiger charge is -2.11. The molecule has 0 saturated heterocycles. The van der Waals surface area contributed by atoms with E-state index in [4.69, 9.17) is 4.74 Å². The third-order valence-electron chi connectivity index (χ3n) is 4.39. The van der Waals surface area contributed by atoms with Gasteiger partial charge in [0.15, 0.2) is 11.6 Å². The van der Waals surface area contributed by atoms with E-state index in [1.54, 1.807) is 6.20 Å². The van der Waals surface area contributed by atoms with Gasteiger partial charge in [-0.1, -0.05) is 0 Å². The number of H-pyrrole nitrogens is 1. The fourth-order valence-electron chi connectivity index (χ4n) is 3.16. The normalized spacial score (nSPS) is 13.9. The molecule has 1 aromatic carbocycles. The fraction of sp³-hybridized carbons (Fsp3) is 0.222. The average molecular weight is 325 g/mol. The van der Waals surface area contributed by atoms with Crippen LogP contribution in [0.4, 0.5) is 8.78 Å². The molecule has 0 atom stereocenters. The van der Waals surface area contributed by atoms with Crippen molar-refractivity contribution in [3.63, 3.8) is 0 Å². The fourth-order valence-corrected chi connectivity index (χ4v) is 3.16. The Balaban J connectivity index is 2.10. The molecule has 3 aromatic rings. The van der Waals surface area contributed by atoms with Gasteiger partial charge in [-0.15, -0.1) is 0 Å². The molecule has 24 heavy (non-hydrogen) atoms. The molecule has 1 aliphatic carbocycles. The number of hydrogen-bond donors (Lipinski definition) is 1. The van der Waals surface area contributed by atoms with Crippen molar-refractivity contribution in [1.29, 1.82) is 5.26 Å². The number of ether oxygens (including phenoxy) is 1. The Kier molecular flexibility index (Phi) is 3.24. The Hall–Kier alpha value is -2.94. The van der Waals surface area contributed by atoms with Crippen molar-refractivity contribution in [2.45, 2.75) is 18.8 Å². The Morgan fingerprint density at radius 3 is 2.79 bits per heavy atom. The molecule has 2 aromatic heterocycles. The van der Waals surface area contributed by atoms with Gasteiger partial charge >= 0.3 is 0 Å². The lowest BCUT2D eigenvalue weighted by Crippen LogP contribution is -1.97. The quantitative estimate of drug-likeness (QED) is 0.782. The second-order valence-corrected chi connectivity index (χ2v) is 5.84. The topological polar surface area (TPSA) is 61.7 Å². The molecule has 120 valence electrons. The third-order valence-corrected chi connectivity index (χ3v) is 4.39. The molecule has 4 rings (SSSR count). The number of halogens is 2. The molecule has 1 fully saturated rings. The summed E-state index contributed by atoms with van der Waals surface area (Å²) in [6, 6.07) is 4.59. The Morgan fingerprint density at radius 2 is 2.12 bits per heavy atom. The highest BCUT2D eigenvalue weighted by Gasteiger charge is 2.31. The first-order chi connectivity index (χ1) is 11.7. The largest absolute Gasteiger partial charge is 0.496 e. The third kappa shape index (κ3) is 2.05. The van der Waals surface area contributed by atoms with Crippen molar-refractivity contribution in [3.8, 4) is 22.9 Å². The first kappa shape index (κ1) is 14.6. The molecular weight excluding hydrogens is 312 g/mol. The van der Waals surface area contributed by atoms with Crippen LogP contribution in [0.3, 0.4) is 0 Å². The van der Waals surface area contributed by atoms with E-state index in [-0.39, 0.29) is 17.2 Å². The smallest absolute Gasteiger partial charge is 0.170 e. The van der Waals surface area contributed by atoms with Crippen molar-refractivity contribution >= 4 is 11.0 Å². The molecule has 6 heteroatoms. The van der Waals surface area contributed by atoms with E-state index >= 15 is 0 Å². The van der Waals surface area contributed by atoms with E-state index in [0.29, 0.717) is 22.2 Å².